The molecule has 8 heteroatoms. The van der Waals surface area contributed by atoms with Gasteiger partial charge in [0.15, 0.2) is 0 Å². The molecule has 208 valence electrons. The summed E-state index contributed by atoms with van der Waals surface area (Å²) in [6, 6.07) is 10.5. The highest BCUT2D eigenvalue weighted by Crippen LogP contribution is 2.40. The lowest BCUT2D eigenvalue weighted by Gasteiger charge is -2.39. The Balaban J connectivity index is 1.78. The van der Waals surface area contributed by atoms with Crippen molar-refractivity contribution in [1.29, 1.82) is 0 Å². The van der Waals surface area contributed by atoms with Crippen LogP contribution in [0.3, 0.4) is 0 Å². The monoisotopic (exact) mass is 527 g/mol. The second kappa shape index (κ2) is 14.1. The topological polar surface area (TPSA) is 63.6 Å². The van der Waals surface area contributed by atoms with E-state index in [1.54, 1.807) is 30.3 Å². The summed E-state index contributed by atoms with van der Waals surface area (Å²) in [5.41, 5.74) is 2.26. The number of benzene rings is 2. The van der Waals surface area contributed by atoms with Crippen LogP contribution in [0.4, 0.5) is 9.18 Å². The van der Waals surface area contributed by atoms with E-state index < -0.39 is 5.60 Å². The number of rotatable bonds is 14. The summed E-state index contributed by atoms with van der Waals surface area (Å²) in [5.74, 6) is 1.16. The first kappa shape index (κ1) is 29.4. The number of carbonyl (C=O) groups excluding carboxylic acids is 1. The normalized spacial score (nSPS) is 17.8. The molecule has 1 fully saturated rings. The SMILES string of the molecule is CCCN(CCC1(C)CCN(CC=NC)C(=O)O1)Cc1cc(OCC)c(-c2ccc(F)cc2)c(OCC)c1. The van der Waals surface area contributed by atoms with Gasteiger partial charge >= 0.3 is 6.09 Å². The summed E-state index contributed by atoms with van der Waals surface area (Å²) in [6.07, 6.45) is 3.98. The van der Waals surface area contributed by atoms with Gasteiger partial charge in [-0.25, -0.2) is 9.18 Å². The minimum Gasteiger partial charge on any atom is -0.493 e. The van der Waals surface area contributed by atoms with Gasteiger partial charge in [-0.2, -0.15) is 0 Å². The zero-order valence-corrected chi connectivity index (χ0v) is 23.5. The third-order valence-electron chi connectivity index (χ3n) is 6.75. The van der Waals surface area contributed by atoms with Crippen LogP contribution in [0.15, 0.2) is 41.4 Å². The van der Waals surface area contributed by atoms with E-state index in [4.69, 9.17) is 14.2 Å². The molecule has 1 atom stereocenters. The van der Waals surface area contributed by atoms with E-state index in [1.165, 1.54) is 12.1 Å². The fourth-order valence-corrected chi connectivity index (χ4v) is 4.73. The third kappa shape index (κ3) is 7.93. The Labute approximate surface area is 226 Å². The number of halogens is 1. The lowest BCUT2D eigenvalue weighted by atomic mass is 9.95. The number of aliphatic imine (C=N–C) groups is 1. The maximum absolute atomic E-state index is 13.6. The van der Waals surface area contributed by atoms with Crippen molar-refractivity contribution < 1.29 is 23.4 Å². The van der Waals surface area contributed by atoms with Gasteiger partial charge < -0.3 is 19.1 Å². The lowest BCUT2D eigenvalue weighted by molar-refractivity contribution is -0.0428. The van der Waals surface area contributed by atoms with Gasteiger partial charge in [-0.15, -0.1) is 0 Å². The quantitative estimate of drug-likeness (QED) is 0.274. The van der Waals surface area contributed by atoms with Gasteiger partial charge in [-0.05, 0) is 75.5 Å². The van der Waals surface area contributed by atoms with Gasteiger partial charge in [-0.1, -0.05) is 19.1 Å². The minimum atomic E-state index is -0.498. The molecule has 38 heavy (non-hydrogen) atoms. The maximum Gasteiger partial charge on any atom is 0.410 e. The molecule has 1 aliphatic heterocycles. The molecule has 0 aliphatic carbocycles. The smallest absolute Gasteiger partial charge is 0.410 e. The second-order valence-electron chi connectivity index (χ2n) is 9.82. The molecule has 7 nitrogen and oxygen atoms in total. The zero-order valence-electron chi connectivity index (χ0n) is 23.5. The molecule has 2 aromatic rings. The average molecular weight is 528 g/mol. The molecular weight excluding hydrogens is 485 g/mol. The molecule has 0 N–H and O–H groups in total. The first-order valence-corrected chi connectivity index (χ1v) is 13.6. The number of ether oxygens (including phenoxy) is 3. The molecule has 0 aromatic heterocycles. The predicted molar refractivity (Wildman–Crippen MR) is 150 cm³/mol. The Morgan fingerprint density at radius 1 is 1.11 bits per heavy atom. The Bertz CT molecular complexity index is 1050. The number of cyclic esters (lactones) is 1. The second-order valence-corrected chi connectivity index (χ2v) is 9.82. The molecule has 2 aromatic carbocycles. The molecule has 0 radical (unpaired) electrons. The van der Waals surface area contributed by atoms with E-state index in [0.717, 1.165) is 60.5 Å². The Kier molecular flexibility index (Phi) is 11.0. The van der Waals surface area contributed by atoms with E-state index in [-0.39, 0.29) is 11.9 Å². The lowest BCUT2D eigenvalue weighted by Crippen LogP contribution is -2.49. The van der Waals surface area contributed by atoms with Gasteiger partial charge in [0.05, 0.1) is 25.3 Å². The Morgan fingerprint density at radius 2 is 1.76 bits per heavy atom. The maximum atomic E-state index is 13.6. The van der Waals surface area contributed by atoms with E-state index in [9.17, 15) is 9.18 Å². The average Bonchev–Trinajstić information content (AvgIpc) is 2.88. The van der Waals surface area contributed by atoms with Crippen molar-refractivity contribution in [2.75, 3.05) is 46.4 Å². The molecule has 1 saturated heterocycles. The molecule has 1 amide bonds. The summed E-state index contributed by atoms with van der Waals surface area (Å²) in [6.45, 7) is 12.7. The van der Waals surface area contributed by atoms with Gasteiger partial charge in [-0.3, -0.25) is 9.89 Å². The molecular formula is C30H42FN3O4. The van der Waals surface area contributed by atoms with Crippen LogP contribution in [0, 0.1) is 5.82 Å². The predicted octanol–water partition coefficient (Wildman–Crippen LogP) is 6.19. The van der Waals surface area contributed by atoms with Crippen molar-refractivity contribution in [3.63, 3.8) is 0 Å². The number of hydrogen-bond donors (Lipinski definition) is 0. The summed E-state index contributed by atoms with van der Waals surface area (Å²) >= 11 is 0. The van der Waals surface area contributed by atoms with Crippen molar-refractivity contribution in [3.05, 3.63) is 47.8 Å². The largest absolute Gasteiger partial charge is 0.493 e. The highest BCUT2D eigenvalue weighted by molar-refractivity contribution is 5.77. The Hall–Kier alpha value is -3.13. The van der Waals surface area contributed by atoms with Crippen LogP contribution in [0.5, 0.6) is 11.5 Å². The number of amides is 1. The first-order valence-electron chi connectivity index (χ1n) is 13.6. The fourth-order valence-electron chi connectivity index (χ4n) is 4.73. The van der Waals surface area contributed by atoms with Crippen LogP contribution in [0.2, 0.25) is 0 Å². The summed E-state index contributed by atoms with van der Waals surface area (Å²) in [5, 5.41) is 0. The van der Waals surface area contributed by atoms with Crippen molar-refractivity contribution >= 4 is 12.3 Å². The molecule has 3 rings (SSSR count). The molecule has 0 spiro atoms. The van der Waals surface area contributed by atoms with Crippen LogP contribution in [0.1, 0.15) is 52.5 Å². The van der Waals surface area contributed by atoms with Crippen LogP contribution in [-0.4, -0.2) is 74.1 Å². The first-order chi connectivity index (χ1) is 18.3. The van der Waals surface area contributed by atoms with Crippen LogP contribution >= 0.6 is 0 Å². The van der Waals surface area contributed by atoms with Gasteiger partial charge in [0, 0.05) is 39.3 Å². The minimum absolute atomic E-state index is 0.278. The van der Waals surface area contributed by atoms with Crippen molar-refractivity contribution in [1.82, 2.24) is 9.80 Å². The molecule has 1 unspecified atom stereocenters. The van der Waals surface area contributed by atoms with Gasteiger partial charge in [0.2, 0.25) is 0 Å². The van der Waals surface area contributed by atoms with E-state index in [0.29, 0.717) is 32.8 Å². The van der Waals surface area contributed by atoms with Crippen molar-refractivity contribution in [3.8, 4) is 22.6 Å². The van der Waals surface area contributed by atoms with Crippen molar-refractivity contribution in [2.24, 2.45) is 4.99 Å². The highest BCUT2D eigenvalue weighted by atomic mass is 19.1. The van der Waals surface area contributed by atoms with E-state index in [1.807, 2.05) is 20.8 Å². The molecule has 1 aliphatic rings. The fraction of sp³-hybridized carbons (Fsp3) is 0.533. The van der Waals surface area contributed by atoms with Crippen molar-refractivity contribution in [2.45, 2.75) is 59.1 Å². The van der Waals surface area contributed by atoms with Crippen LogP contribution in [-0.2, 0) is 11.3 Å². The number of nitrogens with zero attached hydrogens (tertiary/aromatic N) is 3. The molecule has 0 saturated carbocycles. The van der Waals surface area contributed by atoms with E-state index >= 15 is 0 Å². The summed E-state index contributed by atoms with van der Waals surface area (Å²) in [7, 11) is 1.70. The standard InChI is InChI=1S/C30H42FN3O4/c1-6-16-33(17-13-30(4)14-18-34(19-15-32-5)29(35)38-30)22-23-20-26(36-7-2)28(27(21-23)37-8-3)24-9-11-25(31)12-10-24/h9-12,15,20-21H,6-8,13-14,16-19,22H2,1-5H3. The summed E-state index contributed by atoms with van der Waals surface area (Å²) < 4.78 is 31.6. The number of hydrogen-bond acceptors (Lipinski definition) is 6. The third-order valence-corrected chi connectivity index (χ3v) is 6.75. The van der Waals surface area contributed by atoms with Crippen LogP contribution in [0.25, 0.3) is 11.1 Å². The number of carbonyl (C=O) groups is 1. The van der Waals surface area contributed by atoms with Crippen LogP contribution < -0.4 is 9.47 Å². The highest BCUT2D eigenvalue weighted by Gasteiger charge is 2.36. The van der Waals surface area contributed by atoms with E-state index in [2.05, 4.69) is 28.9 Å². The van der Waals surface area contributed by atoms with Gasteiger partial charge in [0.25, 0.3) is 0 Å². The Morgan fingerprint density at radius 3 is 2.32 bits per heavy atom. The summed E-state index contributed by atoms with van der Waals surface area (Å²) in [4.78, 5) is 20.6. The van der Waals surface area contributed by atoms with Gasteiger partial charge in [0.1, 0.15) is 22.9 Å². The zero-order chi connectivity index (χ0) is 27.5. The molecule has 1 heterocycles. The molecule has 0 bridgehead atoms.